The van der Waals surface area contributed by atoms with E-state index in [1.165, 1.54) is 32.1 Å². The summed E-state index contributed by atoms with van der Waals surface area (Å²) in [5, 5.41) is 4.38. The van der Waals surface area contributed by atoms with Gasteiger partial charge < -0.3 is 9.47 Å². The van der Waals surface area contributed by atoms with Crippen molar-refractivity contribution in [3.63, 3.8) is 0 Å². The lowest BCUT2D eigenvalue weighted by atomic mass is 9.82. The Hall–Kier alpha value is -1.11. The summed E-state index contributed by atoms with van der Waals surface area (Å²) in [6.45, 7) is 2.84. The maximum absolute atomic E-state index is 5.87. The van der Waals surface area contributed by atoms with Crippen LogP contribution < -0.4 is 16.0 Å². The van der Waals surface area contributed by atoms with E-state index < -0.39 is 0 Å². The Bertz CT molecular complexity index is 408. The first-order valence-electron chi connectivity index (χ1n) is 7.85. The van der Waals surface area contributed by atoms with Crippen LogP contribution in [0.4, 0.5) is 0 Å². The molecule has 1 saturated carbocycles. The summed E-state index contributed by atoms with van der Waals surface area (Å²) in [5.41, 5.74) is 3.91. The highest BCUT2D eigenvalue weighted by molar-refractivity contribution is 5.29. The van der Waals surface area contributed by atoms with E-state index >= 15 is 0 Å². The van der Waals surface area contributed by atoms with Crippen molar-refractivity contribution < 1.29 is 9.47 Å². The first kappa shape index (κ1) is 16.3. The van der Waals surface area contributed by atoms with Crippen LogP contribution in [0.25, 0.3) is 0 Å². The molecule has 21 heavy (non-hydrogen) atoms. The molecule has 120 valence electrons. The van der Waals surface area contributed by atoms with Gasteiger partial charge >= 0.3 is 0 Å². The lowest BCUT2D eigenvalue weighted by Crippen LogP contribution is -2.43. The van der Waals surface area contributed by atoms with Gasteiger partial charge in [0.15, 0.2) is 5.75 Å². The average molecular weight is 296 g/mol. The van der Waals surface area contributed by atoms with E-state index in [1.54, 1.807) is 20.4 Å². The number of nitrogens with two attached hydrogens (primary N) is 1. The Labute approximate surface area is 126 Å². The maximum Gasteiger partial charge on any atom is 0.161 e. The molecule has 0 amide bonds. The summed E-state index contributed by atoms with van der Waals surface area (Å²) >= 11 is 0. The Morgan fingerprint density at radius 2 is 2.10 bits per heavy atom. The molecule has 0 aromatic carbocycles. The minimum atomic E-state index is -0.115. The molecule has 1 aromatic rings. The van der Waals surface area contributed by atoms with Crippen molar-refractivity contribution in [2.45, 2.75) is 57.7 Å². The van der Waals surface area contributed by atoms with Gasteiger partial charge in [-0.15, -0.1) is 0 Å². The SMILES string of the molecule is CCn1ncc(OC)c1C(NN)C(OC)C1CCCCC1. The molecule has 2 rings (SSSR count). The normalized spacial score (nSPS) is 19.4. The van der Waals surface area contributed by atoms with Crippen LogP contribution in [0.2, 0.25) is 0 Å². The highest BCUT2D eigenvalue weighted by atomic mass is 16.5. The van der Waals surface area contributed by atoms with Gasteiger partial charge in [-0.05, 0) is 25.7 Å². The third kappa shape index (κ3) is 3.39. The quantitative estimate of drug-likeness (QED) is 0.595. The molecular formula is C15H28N4O2. The predicted octanol–water partition coefficient (Wildman–Crippen LogP) is 2.01. The lowest BCUT2D eigenvalue weighted by molar-refractivity contribution is 0.00478. The van der Waals surface area contributed by atoms with Crippen LogP contribution in [0, 0.1) is 5.92 Å². The maximum atomic E-state index is 5.87. The number of nitrogens with zero attached hydrogens (tertiary/aromatic N) is 2. The van der Waals surface area contributed by atoms with Gasteiger partial charge in [-0.25, -0.2) is 5.43 Å². The van der Waals surface area contributed by atoms with Gasteiger partial charge in [-0.3, -0.25) is 10.5 Å². The zero-order valence-electron chi connectivity index (χ0n) is 13.3. The van der Waals surface area contributed by atoms with E-state index in [1.807, 2.05) is 4.68 Å². The van der Waals surface area contributed by atoms with Crippen molar-refractivity contribution in [1.82, 2.24) is 15.2 Å². The molecule has 2 unspecified atom stereocenters. The first-order valence-corrected chi connectivity index (χ1v) is 7.85. The van der Waals surface area contributed by atoms with Crippen molar-refractivity contribution in [2.75, 3.05) is 14.2 Å². The summed E-state index contributed by atoms with van der Waals surface area (Å²) in [6.07, 6.45) is 8.03. The summed E-state index contributed by atoms with van der Waals surface area (Å²) in [7, 11) is 3.43. The minimum Gasteiger partial charge on any atom is -0.493 e. The van der Waals surface area contributed by atoms with Gasteiger partial charge in [-0.1, -0.05) is 19.3 Å². The first-order chi connectivity index (χ1) is 10.3. The highest BCUT2D eigenvalue weighted by Crippen LogP contribution is 2.36. The molecule has 0 bridgehead atoms. The van der Waals surface area contributed by atoms with Crippen LogP contribution in [-0.2, 0) is 11.3 Å². The number of hydrogen-bond donors (Lipinski definition) is 2. The van der Waals surface area contributed by atoms with Crippen molar-refractivity contribution >= 4 is 0 Å². The molecule has 1 fully saturated rings. The number of methoxy groups -OCH3 is 2. The Balaban J connectivity index is 2.29. The van der Waals surface area contributed by atoms with E-state index in [2.05, 4.69) is 17.4 Å². The number of aryl methyl sites for hydroxylation is 1. The molecule has 0 radical (unpaired) electrons. The fraction of sp³-hybridized carbons (Fsp3) is 0.800. The van der Waals surface area contributed by atoms with Crippen LogP contribution in [0.1, 0.15) is 50.8 Å². The molecule has 0 saturated heterocycles. The molecule has 6 heteroatoms. The molecule has 1 aliphatic rings. The van der Waals surface area contributed by atoms with Gasteiger partial charge in [0.1, 0.15) is 5.69 Å². The van der Waals surface area contributed by atoms with Crippen molar-refractivity contribution in [2.24, 2.45) is 11.8 Å². The zero-order valence-corrected chi connectivity index (χ0v) is 13.3. The molecule has 1 aliphatic carbocycles. The van der Waals surface area contributed by atoms with E-state index in [0.29, 0.717) is 5.92 Å². The second-order valence-corrected chi connectivity index (χ2v) is 5.66. The van der Waals surface area contributed by atoms with Crippen molar-refractivity contribution in [1.29, 1.82) is 0 Å². The topological polar surface area (TPSA) is 74.3 Å². The molecule has 1 aromatic heterocycles. The summed E-state index contributed by atoms with van der Waals surface area (Å²) < 4.78 is 13.2. The van der Waals surface area contributed by atoms with Gasteiger partial charge in [0, 0.05) is 13.7 Å². The van der Waals surface area contributed by atoms with Crippen LogP contribution in [0.15, 0.2) is 6.20 Å². The van der Waals surface area contributed by atoms with Crippen LogP contribution in [-0.4, -0.2) is 30.1 Å². The molecular weight excluding hydrogens is 268 g/mol. The standard InChI is InChI=1S/C15H28N4O2/c1-4-19-14(12(20-2)10-17-19)13(18-16)15(21-3)11-8-6-5-7-9-11/h10-11,13,15,18H,4-9,16H2,1-3H3. The van der Waals surface area contributed by atoms with Gasteiger partial charge in [0.2, 0.25) is 0 Å². The molecule has 0 spiro atoms. The molecule has 6 nitrogen and oxygen atoms in total. The zero-order chi connectivity index (χ0) is 15.2. The van der Waals surface area contributed by atoms with E-state index in [0.717, 1.165) is 18.0 Å². The third-order valence-electron chi connectivity index (χ3n) is 4.55. The fourth-order valence-electron chi connectivity index (χ4n) is 3.49. The number of rotatable bonds is 7. The van der Waals surface area contributed by atoms with E-state index in [9.17, 15) is 0 Å². The summed E-state index contributed by atoms with van der Waals surface area (Å²) in [5.74, 6) is 7.15. The van der Waals surface area contributed by atoms with Gasteiger partial charge in [0.25, 0.3) is 0 Å². The molecule has 3 N–H and O–H groups in total. The highest BCUT2D eigenvalue weighted by Gasteiger charge is 2.34. The number of hydrogen-bond acceptors (Lipinski definition) is 5. The smallest absolute Gasteiger partial charge is 0.161 e. The van der Waals surface area contributed by atoms with Gasteiger partial charge in [0.05, 0.1) is 25.5 Å². The second kappa shape index (κ2) is 7.77. The fourth-order valence-corrected chi connectivity index (χ4v) is 3.49. The Kier molecular flexibility index (Phi) is 6.02. The van der Waals surface area contributed by atoms with Crippen LogP contribution >= 0.6 is 0 Å². The minimum absolute atomic E-state index is 0.0335. The molecule has 0 aliphatic heterocycles. The van der Waals surface area contributed by atoms with Crippen LogP contribution in [0.3, 0.4) is 0 Å². The third-order valence-corrected chi connectivity index (χ3v) is 4.55. The second-order valence-electron chi connectivity index (χ2n) is 5.66. The average Bonchev–Trinajstić information content (AvgIpc) is 2.96. The largest absolute Gasteiger partial charge is 0.493 e. The Morgan fingerprint density at radius 1 is 1.38 bits per heavy atom. The van der Waals surface area contributed by atoms with E-state index in [-0.39, 0.29) is 12.1 Å². The lowest BCUT2D eigenvalue weighted by Gasteiger charge is -2.34. The Morgan fingerprint density at radius 3 is 2.62 bits per heavy atom. The summed E-state index contributed by atoms with van der Waals surface area (Å²) in [6, 6.07) is -0.115. The number of nitrogens with one attached hydrogen (secondary N) is 1. The predicted molar refractivity (Wildman–Crippen MR) is 81.9 cm³/mol. The number of aromatic nitrogens is 2. The summed E-state index contributed by atoms with van der Waals surface area (Å²) in [4.78, 5) is 0. The monoisotopic (exact) mass is 296 g/mol. The molecule has 2 atom stereocenters. The number of ether oxygens (including phenoxy) is 2. The van der Waals surface area contributed by atoms with Crippen molar-refractivity contribution in [3.05, 3.63) is 11.9 Å². The number of hydrazine groups is 1. The van der Waals surface area contributed by atoms with Crippen molar-refractivity contribution in [3.8, 4) is 5.75 Å². The van der Waals surface area contributed by atoms with E-state index in [4.69, 9.17) is 15.3 Å². The molecule has 1 heterocycles. The van der Waals surface area contributed by atoms with Gasteiger partial charge in [-0.2, -0.15) is 5.10 Å². The van der Waals surface area contributed by atoms with Crippen LogP contribution in [0.5, 0.6) is 5.75 Å².